The van der Waals surface area contributed by atoms with E-state index in [1.165, 1.54) is 4.88 Å². The molecular formula is C14H15NOS. The first-order valence-electron chi connectivity index (χ1n) is 5.58. The van der Waals surface area contributed by atoms with E-state index in [-0.39, 0.29) is 11.9 Å². The summed E-state index contributed by atoms with van der Waals surface area (Å²) < 4.78 is 0. The van der Waals surface area contributed by atoms with Gasteiger partial charge in [0.05, 0.1) is 6.04 Å². The summed E-state index contributed by atoms with van der Waals surface area (Å²) in [5, 5.41) is 5.02. The highest BCUT2D eigenvalue weighted by Crippen LogP contribution is 2.18. The fourth-order valence-corrected chi connectivity index (χ4v) is 2.41. The molecule has 0 saturated heterocycles. The average molecular weight is 245 g/mol. The Balaban J connectivity index is 2.07. The molecule has 1 heterocycles. The van der Waals surface area contributed by atoms with Crippen molar-refractivity contribution in [2.45, 2.75) is 19.9 Å². The summed E-state index contributed by atoms with van der Waals surface area (Å²) in [7, 11) is 0. The number of hydrogen-bond acceptors (Lipinski definition) is 2. The van der Waals surface area contributed by atoms with Crippen molar-refractivity contribution in [2.24, 2.45) is 0 Å². The molecule has 0 aliphatic carbocycles. The molecule has 0 aliphatic rings. The fourth-order valence-electron chi connectivity index (χ4n) is 1.68. The molecule has 88 valence electrons. The van der Waals surface area contributed by atoms with Crippen LogP contribution in [0.4, 0.5) is 0 Å². The lowest BCUT2D eigenvalue weighted by atomic mass is 10.1. The number of amides is 1. The van der Waals surface area contributed by atoms with Gasteiger partial charge in [0.2, 0.25) is 0 Å². The lowest BCUT2D eigenvalue weighted by Crippen LogP contribution is -2.26. The van der Waals surface area contributed by atoms with Crippen LogP contribution in [-0.2, 0) is 0 Å². The molecule has 1 aromatic heterocycles. The van der Waals surface area contributed by atoms with Crippen LogP contribution in [0.3, 0.4) is 0 Å². The van der Waals surface area contributed by atoms with Crippen LogP contribution in [0, 0.1) is 6.92 Å². The molecule has 1 N–H and O–H groups in total. The van der Waals surface area contributed by atoms with Crippen molar-refractivity contribution < 1.29 is 4.79 Å². The molecular weight excluding hydrogens is 230 g/mol. The zero-order chi connectivity index (χ0) is 12.3. The molecule has 17 heavy (non-hydrogen) atoms. The molecule has 0 aliphatic heterocycles. The van der Waals surface area contributed by atoms with Crippen LogP contribution < -0.4 is 5.32 Å². The average Bonchev–Trinajstić information content (AvgIpc) is 2.82. The smallest absolute Gasteiger partial charge is 0.251 e. The minimum absolute atomic E-state index is 0.0189. The van der Waals surface area contributed by atoms with Crippen LogP contribution in [0.2, 0.25) is 0 Å². The van der Waals surface area contributed by atoms with Gasteiger partial charge in [0.25, 0.3) is 5.91 Å². The van der Waals surface area contributed by atoms with Crippen LogP contribution in [-0.4, -0.2) is 5.91 Å². The van der Waals surface area contributed by atoms with Gasteiger partial charge in [-0.2, -0.15) is 0 Å². The summed E-state index contributed by atoms with van der Waals surface area (Å²) in [6, 6.07) is 11.7. The molecule has 2 nitrogen and oxygen atoms in total. The summed E-state index contributed by atoms with van der Waals surface area (Å²) in [6.07, 6.45) is 0. The number of carbonyl (C=O) groups is 1. The number of nitrogens with one attached hydrogen (secondary N) is 1. The highest BCUT2D eigenvalue weighted by Gasteiger charge is 2.11. The Morgan fingerprint density at radius 2 is 2.12 bits per heavy atom. The quantitative estimate of drug-likeness (QED) is 0.880. The van der Waals surface area contributed by atoms with Crippen molar-refractivity contribution >= 4 is 17.2 Å². The Bertz CT molecular complexity index is 505. The minimum Gasteiger partial charge on any atom is -0.345 e. The molecule has 0 bridgehead atoms. The van der Waals surface area contributed by atoms with Crippen LogP contribution in [0.5, 0.6) is 0 Å². The fraction of sp³-hybridized carbons (Fsp3) is 0.214. The maximum absolute atomic E-state index is 12.0. The predicted molar refractivity (Wildman–Crippen MR) is 71.4 cm³/mol. The maximum Gasteiger partial charge on any atom is 0.251 e. The molecule has 0 unspecified atom stereocenters. The Kier molecular flexibility index (Phi) is 3.59. The van der Waals surface area contributed by atoms with E-state index in [4.69, 9.17) is 0 Å². The molecule has 1 aromatic carbocycles. The van der Waals surface area contributed by atoms with Gasteiger partial charge in [0.1, 0.15) is 0 Å². The van der Waals surface area contributed by atoms with Crippen molar-refractivity contribution in [1.29, 1.82) is 0 Å². The number of hydrogen-bond donors (Lipinski definition) is 1. The minimum atomic E-state index is -0.0189. The van der Waals surface area contributed by atoms with Crippen LogP contribution in [0.25, 0.3) is 0 Å². The van der Waals surface area contributed by atoms with Gasteiger partial charge in [-0.15, -0.1) is 11.3 Å². The summed E-state index contributed by atoms with van der Waals surface area (Å²) in [6.45, 7) is 3.99. The molecule has 1 atom stereocenters. The molecule has 1 amide bonds. The van der Waals surface area contributed by atoms with Gasteiger partial charge in [-0.05, 0) is 37.4 Å². The molecule has 0 fully saturated rings. The van der Waals surface area contributed by atoms with Gasteiger partial charge in [-0.1, -0.05) is 23.8 Å². The molecule has 0 radical (unpaired) electrons. The standard InChI is InChI=1S/C14H15NOS/c1-10-5-3-6-12(9-10)14(16)15-11(2)13-7-4-8-17-13/h3-9,11H,1-2H3,(H,15,16)/t11-/m1/s1. The zero-order valence-electron chi connectivity index (χ0n) is 9.94. The Labute approximate surface area is 105 Å². The Hall–Kier alpha value is -1.61. The van der Waals surface area contributed by atoms with E-state index >= 15 is 0 Å². The molecule has 0 saturated carbocycles. The lowest BCUT2D eigenvalue weighted by Gasteiger charge is -2.12. The SMILES string of the molecule is Cc1cccc(C(=O)N[C@H](C)c2cccs2)c1. The van der Waals surface area contributed by atoms with Gasteiger partial charge >= 0.3 is 0 Å². The van der Waals surface area contributed by atoms with Gasteiger partial charge in [-0.3, -0.25) is 4.79 Å². The second-order valence-electron chi connectivity index (χ2n) is 4.08. The van der Waals surface area contributed by atoms with Crippen molar-refractivity contribution in [1.82, 2.24) is 5.32 Å². The summed E-state index contributed by atoms with van der Waals surface area (Å²) >= 11 is 1.66. The first-order chi connectivity index (χ1) is 8.16. The molecule has 2 aromatic rings. The normalized spacial score (nSPS) is 12.1. The van der Waals surface area contributed by atoms with Crippen LogP contribution in [0.15, 0.2) is 41.8 Å². The van der Waals surface area contributed by atoms with E-state index in [1.54, 1.807) is 11.3 Å². The summed E-state index contributed by atoms with van der Waals surface area (Å²) in [5.41, 5.74) is 1.81. The molecule has 3 heteroatoms. The highest BCUT2D eigenvalue weighted by molar-refractivity contribution is 7.10. The number of benzene rings is 1. The summed E-state index contributed by atoms with van der Waals surface area (Å²) in [5.74, 6) is -0.0189. The second kappa shape index (κ2) is 5.15. The van der Waals surface area contributed by atoms with Crippen molar-refractivity contribution in [3.8, 4) is 0 Å². The van der Waals surface area contributed by atoms with Crippen molar-refractivity contribution in [3.63, 3.8) is 0 Å². The van der Waals surface area contributed by atoms with E-state index in [1.807, 2.05) is 55.6 Å². The Morgan fingerprint density at radius 1 is 1.29 bits per heavy atom. The zero-order valence-corrected chi connectivity index (χ0v) is 10.8. The van der Waals surface area contributed by atoms with Gasteiger partial charge in [0.15, 0.2) is 0 Å². The van der Waals surface area contributed by atoms with E-state index in [2.05, 4.69) is 5.32 Å². The first kappa shape index (κ1) is 11.9. The third kappa shape index (κ3) is 2.94. The van der Waals surface area contributed by atoms with Crippen molar-refractivity contribution in [3.05, 3.63) is 57.8 Å². The van der Waals surface area contributed by atoms with Crippen molar-refractivity contribution in [2.75, 3.05) is 0 Å². The Morgan fingerprint density at radius 3 is 2.76 bits per heavy atom. The van der Waals surface area contributed by atoms with Gasteiger partial charge in [-0.25, -0.2) is 0 Å². The third-order valence-electron chi connectivity index (χ3n) is 2.60. The van der Waals surface area contributed by atoms with Crippen LogP contribution in [0.1, 0.15) is 33.8 Å². The number of rotatable bonds is 3. The topological polar surface area (TPSA) is 29.1 Å². The van der Waals surface area contributed by atoms with E-state index in [9.17, 15) is 4.79 Å². The third-order valence-corrected chi connectivity index (χ3v) is 3.65. The second-order valence-corrected chi connectivity index (χ2v) is 5.06. The van der Waals surface area contributed by atoms with E-state index < -0.39 is 0 Å². The molecule has 2 rings (SSSR count). The summed E-state index contributed by atoms with van der Waals surface area (Å²) in [4.78, 5) is 13.2. The monoisotopic (exact) mass is 245 g/mol. The number of aryl methyl sites for hydroxylation is 1. The predicted octanol–water partition coefficient (Wildman–Crippen LogP) is 3.55. The van der Waals surface area contributed by atoms with E-state index in [0.717, 1.165) is 5.56 Å². The number of carbonyl (C=O) groups excluding carboxylic acids is 1. The largest absolute Gasteiger partial charge is 0.345 e. The maximum atomic E-state index is 12.0. The first-order valence-corrected chi connectivity index (χ1v) is 6.46. The van der Waals surface area contributed by atoms with Gasteiger partial charge in [0, 0.05) is 10.4 Å². The highest BCUT2D eigenvalue weighted by atomic mass is 32.1. The number of thiophene rings is 1. The van der Waals surface area contributed by atoms with E-state index in [0.29, 0.717) is 5.56 Å². The lowest BCUT2D eigenvalue weighted by molar-refractivity contribution is 0.0940. The van der Waals surface area contributed by atoms with Crippen LogP contribution >= 0.6 is 11.3 Å². The van der Waals surface area contributed by atoms with Gasteiger partial charge < -0.3 is 5.32 Å². The molecule has 0 spiro atoms.